The molecule has 0 saturated carbocycles. The van der Waals surface area contributed by atoms with E-state index in [2.05, 4.69) is 27.9 Å². The maximum atomic E-state index is 12.2. The Labute approximate surface area is 141 Å². The lowest BCUT2D eigenvalue weighted by Gasteiger charge is -2.12. The van der Waals surface area contributed by atoms with Crippen LogP contribution in [-0.2, 0) is 24.1 Å². The molecule has 0 spiro atoms. The van der Waals surface area contributed by atoms with Crippen molar-refractivity contribution in [2.45, 2.75) is 44.4 Å². The molecule has 2 aromatic rings. The fourth-order valence-electron chi connectivity index (χ4n) is 3.54. The molecular weight excluding hydrogens is 304 g/mol. The van der Waals surface area contributed by atoms with Gasteiger partial charge in [0, 0.05) is 18.8 Å². The minimum atomic E-state index is -0.176. The number of aromatic nitrogens is 2. The molecule has 2 amide bonds. The second-order valence-electron chi connectivity index (χ2n) is 6.56. The van der Waals surface area contributed by atoms with Crippen LogP contribution in [0.5, 0.6) is 0 Å². The van der Waals surface area contributed by atoms with Crippen LogP contribution < -0.4 is 10.6 Å². The van der Waals surface area contributed by atoms with E-state index in [4.69, 9.17) is 4.74 Å². The van der Waals surface area contributed by atoms with Crippen LogP contribution in [0.3, 0.4) is 0 Å². The van der Waals surface area contributed by atoms with E-state index in [1.165, 1.54) is 11.1 Å². The molecule has 1 aromatic heterocycles. The van der Waals surface area contributed by atoms with Crippen LogP contribution in [0.15, 0.2) is 36.7 Å². The molecule has 6 heteroatoms. The second kappa shape index (κ2) is 6.65. The molecule has 0 unspecified atom stereocenters. The van der Waals surface area contributed by atoms with Crippen LogP contribution in [0, 0.1) is 0 Å². The number of fused-ring (bicyclic) bond motifs is 1. The minimum Gasteiger partial charge on any atom is -0.376 e. The van der Waals surface area contributed by atoms with Gasteiger partial charge < -0.3 is 15.4 Å². The molecule has 126 valence electrons. The molecule has 2 heterocycles. The second-order valence-corrected chi connectivity index (χ2v) is 6.56. The highest BCUT2D eigenvalue weighted by Gasteiger charge is 2.22. The fraction of sp³-hybridized carbons (Fsp3) is 0.444. The van der Waals surface area contributed by atoms with Gasteiger partial charge in [-0.25, -0.2) is 4.79 Å². The number of ether oxygens (including phenoxy) is 1. The van der Waals surface area contributed by atoms with Gasteiger partial charge in [0.05, 0.1) is 24.5 Å². The maximum Gasteiger partial charge on any atom is 0.319 e. The highest BCUT2D eigenvalue weighted by Crippen LogP contribution is 2.21. The first-order valence-corrected chi connectivity index (χ1v) is 8.54. The summed E-state index contributed by atoms with van der Waals surface area (Å²) in [6.07, 6.45) is 7.74. The molecule has 24 heavy (non-hydrogen) atoms. The SMILES string of the molecule is O=C(Nc1cnn(C[C@H]2CCCO2)c1)NC1Cc2ccccc2C1. The maximum absolute atomic E-state index is 12.2. The van der Waals surface area contributed by atoms with Crippen molar-refractivity contribution < 1.29 is 9.53 Å². The van der Waals surface area contributed by atoms with Crippen molar-refractivity contribution in [2.24, 2.45) is 0 Å². The highest BCUT2D eigenvalue weighted by molar-refractivity contribution is 5.89. The average Bonchev–Trinajstić information content (AvgIpc) is 3.28. The van der Waals surface area contributed by atoms with Gasteiger partial charge in [-0.15, -0.1) is 0 Å². The third-order valence-corrected chi connectivity index (χ3v) is 4.69. The van der Waals surface area contributed by atoms with E-state index in [0.717, 1.165) is 38.8 Å². The summed E-state index contributed by atoms with van der Waals surface area (Å²) in [4.78, 5) is 12.2. The Morgan fingerprint density at radius 2 is 2.08 bits per heavy atom. The fourth-order valence-corrected chi connectivity index (χ4v) is 3.54. The van der Waals surface area contributed by atoms with E-state index in [-0.39, 0.29) is 18.2 Å². The summed E-state index contributed by atoms with van der Waals surface area (Å²) >= 11 is 0. The van der Waals surface area contributed by atoms with E-state index in [0.29, 0.717) is 5.69 Å². The zero-order valence-electron chi connectivity index (χ0n) is 13.6. The van der Waals surface area contributed by atoms with E-state index < -0.39 is 0 Å². The molecule has 2 aliphatic rings. The molecule has 1 aliphatic carbocycles. The molecule has 1 fully saturated rings. The topological polar surface area (TPSA) is 68.2 Å². The standard InChI is InChI=1S/C18H22N4O2/c23-18(20-15-8-13-4-1-2-5-14(13)9-15)21-16-10-19-22(11-16)12-17-6-3-7-24-17/h1-2,4-5,10-11,15,17H,3,6-9,12H2,(H2,20,21,23)/t17-/m1/s1. The molecular formula is C18H22N4O2. The van der Waals surface area contributed by atoms with Crippen molar-refractivity contribution in [3.63, 3.8) is 0 Å². The van der Waals surface area contributed by atoms with E-state index in [1.807, 2.05) is 23.0 Å². The van der Waals surface area contributed by atoms with Gasteiger partial charge in [0.2, 0.25) is 0 Å². The molecule has 2 N–H and O–H groups in total. The Morgan fingerprint density at radius 1 is 1.29 bits per heavy atom. The predicted molar refractivity (Wildman–Crippen MR) is 91.0 cm³/mol. The quantitative estimate of drug-likeness (QED) is 0.906. The number of hydrogen-bond acceptors (Lipinski definition) is 3. The summed E-state index contributed by atoms with van der Waals surface area (Å²) < 4.78 is 7.44. The van der Waals surface area contributed by atoms with Gasteiger partial charge in [-0.2, -0.15) is 5.10 Å². The summed E-state index contributed by atoms with van der Waals surface area (Å²) in [5, 5.41) is 10.2. The number of benzene rings is 1. The van der Waals surface area contributed by atoms with E-state index in [1.54, 1.807) is 6.20 Å². The van der Waals surface area contributed by atoms with Crippen molar-refractivity contribution in [2.75, 3.05) is 11.9 Å². The molecule has 6 nitrogen and oxygen atoms in total. The van der Waals surface area contributed by atoms with Crippen LogP contribution in [-0.4, -0.2) is 34.6 Å². The molecule has 0 bridgehead atoms. The summed E-state index contributed by atoms with van der Waals surface area (Å²) in [5.41, 5.74) is 3.36. The van der Waals surface area contributed by atoms with Gasteiger partial charge in [0.1, 0.15) is 0 Å². The van der Waals surface area contributed by atoms with Crippen LogP contribution in [0.2, 0.25) is 0 Å². The lowest BCUT2D eigenvalue weighted by molar-refractivity contribution is 0.0940. The zero-order chi connectivity index (χ0) is 16.4. The Kier molecular flexibility index (Phi) is 4.21. The van der Waals surface area contributed by atoms with Crippen molar-refractivity contribution >= 4 is 11.7 Å². The summed E-state index contributed by atoms with van der Waals surface area (Å²) in [6.45, 7) is 1.57. The summed E-state index contributed by atoms with van der Waals surface area (Å²) in [5.74, 6) is 0. The molecule has 0 radical (unpaired) electrons. The van der Waals surface area contributed by atoms with Crippen molar-refractivity contribution in [3.05, 3.63) is 47.8 Å². The number of urea groups is 1. The van der Waals surface area contributed by atoms with Crippen molar-refractivity contribution in [1.29, 1.82) is 0 Å². The van der Waals surface area contributed by atoms with Crippen LogP contribution >= 0.6 is 0 Å². The molecule has 1 saturated heterocycles. The Hall–Kier alpha value is -2.34. The van der Waals surface area contributed by atoms with Crippen LogP contribution in [0.25, 0.3) is 0 Å². The van der Waals surface area contributed by atoms with E-state index >= 15 is 0 Å². The molecule has 1 atom stereocenters. The smallest absolute Gasteiger partial charge is 0.319 e. The summed E-state index contributed by atoms with van der Waals surface area (Å²) in [6, 6.07) is 8.33. The van der Waals surface area contributed by atoms with Gasteiger partial charge >= 0.3 is 6.03 Å². The Morgan fingerprint density at radius 3 is 2.79 bits per heavy atom. The number of rotatable bonds is 4. The third-order valence-electron chi connectivity index (χ3n) is 4.69. The Bertz CT molecular complexity index is 696. The zero-order valence-corrected chi connectivity index (χ0v) is 13.6. The molecule has 1 aromatic carbocycles. The third kappa shape index (κ3) is 3.43. The monoisotopic (exact) mass is 326 g/mol. The van der Waals surface area contributed by atoms with Gasteiger partial charge in [0.15, 0.2) is 0 Å². The van der Waals surface area contributed by atoms with Gasteiger partial charge in [0.25, 0.3) is 0 Å². The minimum absolute atomic E-state index is 0.157. The lowest BCUT2D eigenvalue weighted by Crippen LogP contribution is -2.38. The number of nitrogens with zero attached hydrogens (tertiary/aromatic N) is 2. The molecule has 1 aliphatic heterocycles. The first-order chi connectivity index (χ1) is 11.8. The normalized spacial score (nSPS) is 20.1. The number of hydrogen-bond donors (Lipinski definition) is 2. The number of carbonyl (C=O) groups excluding carboxylic acids is 1. The first kappa shape index (κ1) is 15.2. The van der Waals surface area contributed by atoms with Gasteiger partial charge in [-0.3, -0.25) is 4.68 Å². The van der Waals surface area contributed by atoms with Crippen LogP contribution in [0.4, 0.5) is 10.5 Å². The van der Waals surface area contributed by atoms with Crippen molar-refractivity contribution in [1.82, 2.24) is 15.1 Å². The van der Waals surface area contributed by atoms with Gasteiger partial charge in [-0.1, -0.05) is 24.3 Å². The van der Waals surface area contributed by atoms with E-state index in [9.17, 15) is 4.79 Å². The largest absolute Gasteiger partial charge is 0.376 e. The predicted octanol–water partition coefficient (Wildman–Crippen LogP) is 2.35. The number of nitrogens with one attached hydrogen (secondary N) is 2. The van der Waals surface area contributed by atoms with Crippen molar-refractivity contribution in [3.8, 4) is 0 Å². The average molecular weight is 326 g/mol. The lowest BCUT2D eigenvalue weighted by atomic mass is 10.1. The highest BCUT2D eigenvalue weighted by atomic mass is 16.5. The Balaban J connectivity index is 1.28. The summed E-state index contributed by atoms with van der Waals surface area (Å²) in [7, 11) is 0. The number of carbonyl (C=O) groups is 1. The number of amides is 2. The number of anilines is 1. The first-order valence-electron chi connectivity index (χ1n) is 8.54. The molecule has 4 rings (SSSR count). The van der Waals surface area contributed by atoms with Crippen LogP contribution in [0.1, 0.15) is 24.0 Å². The van der Waals surface area contributed by atoms with Gasteiger partial charge in [-0.05, 0) is 36.8 Å².